The molecule has 3 aromatic rings. The van der Waals surface area contributed by atoms with Gasteiger partial charge in [-0.2, -0.15) is 0 Å². The van der Waals surface area contributed by atoms with Crippen LogP contribution in [-0.2, 0) is 15.0 Å². The third-order valence-electron chi connectivity index (χ3n) is 7.15. The summed E-state index contributed by atoms with van der Waals surface area (Å²) in [6.07, 6.45) is 0. The first-order chi connectivity index (χ1) is 18.5. The second kappa shape index (κ2) is 11.1. The number of rotatable bonds is 7. The molecule has 0 aromatic heterocycles. The number of amides is 1. The second-order valence-corrected chi connectivity index (χ2v) is 11.0. The van der Waals surface area contributed by atoms with Crippen molar-refractivity contribution < 1.29 is 19.4 Å². The number of carbonyl (C=O) groups excluding carboxylic acids is 2. The van der Waals surface area contributed by atoms with Crippen LogP contribution in [0.2, 0.25) is 5.02 Å². The Hall–Kier alpha value is -3.77. The number of hydrogen-bond acceptors (Lipinski definition) is 5. The number of anilines is 2. The molecule has 1 aliphatic rings. The molecule has 1 amide bonds. The first kappa shape index (κ1) is 28.2. The van der Waals surface area contributed by atoms with Gasteiger partial charge in [-0.05, 0) is 73.4 Å². The van der Waals surface area contributed by atoms with Crippen molar-refractivity contribution in [1.29, 1.82) is 0 Å². The van der Waals surface area contributed by atoms with Gasteiger partial charge >= 0.3 is 0 Å². The summed E-state index contributed by atoms with van der Waals surface area (Å²) in [5.74, 6) is -1.02. The monoisotopic (exact) mass is 546 g/mol. The summed E-state index contributed by atoms with van der Waals surface area (Å²) in [6.45, 7) is 12.0. The molecule has 1 saturated heterocycles. The number of carbonyl (C=O) groups is 2. The molecular formula is C32H35ClN2O4. The van der Waals surface area contributed by atoms with Crippen LogP contribution in [0.4, 0.5) is 11.4 Å². The molecule has 1 N–H and O–H groups in total. The van der Waals surface area contributed by atoms with Gasteiger partial charge in [0.1, 0.15) is 11.5 Å². The number of hydrogen-bond donors (Lipinski definition) is 1. The summed E-state index contributed by atoms with van der Waals surface area (Å²) in [5.41, 5.74) is 3.28. The van der Waals surface area contributed by atoms with Crippen LogP contribution >= 0.6 is 11.6 Å². The van der Waals surface area contributed by atoms with Crippen molar-refractivity contribution in [2.75, 3.05) is 30.0 Å². The van der Waals surface area contributed by atoms with E-state index in [0.29, 0.717) is 27.6 Å². The number of ketones is 1. The third-order valence-corrected chi connectivity index (χ3v) is 7.38. The van der Waals surface area contributed by atoms with Crippen molar-refractivity contribution in [3.63, 3.8) is 0 Å². The lowest BCUT2D eigenvalue weighted by Crippen LogP contribution is -2.29. The fourth-order valence-corrected chi connectivity index (χ4v) is 5.28. The first-order valence-electron chi connectivity index (χ1n) is 13.1. The Balaban J connectivity index is 1.94. The molecule has 1 aliphatic heterocycles. The van der Waals surface area contributed by atoms with Crippen LogP contribution in [-0.4, -0.2) is 37.0 Å². The molecule has 1 unspecified atom stereocenters. The second-order valence-electron chi connectivity index (χ2n) is 10.6. The quantitative estimate of drug-likeness (QED) is 0.194. The molecule has 39 heavy (non-hydrogen) atoms. The smallest absolute Gasteiger partial charge is 0.300 e. The topological polar surface area (TPSA) is 70.1 Å². The number of benzene rings is 3. The zero-order valence-electron chi connectivity index (χ0n) is 23.3. The summed E-state index contributed by atoms with van der Waals surface area (Å²) in [5, 5.41) is 12.1. The highest BCUT2D eigenvalue weighted by atomic mass is 35.5. The van der Waals surface area contributed by atoms with E-state index < -0.39 is 17.7 Å². The number of aliphatic hydroxyl groups excluding tert-OH is 1. The van der Waals surface area contributed by atoms with E-state index in [4.69, 9.17) is 16.3 Å². The number of nitrogens with zero attached hydrogens (tertiary/aromatic N) is 2. The van der Waals surface area contributed by atoms with E-state index in [9.17, 15) is 14.7 Å². The summed E-state index contributed by atoms with van der Waals surface area (Å²) in [7, 11) is 1.60. The van der Waals surface area contributed by atoms with Crippen molar-refractivity contribution >= 4 is 40.4 Å². The molecule has 6 nitrogen and oxygen atoms in total. The molecule has 0 radical (unpaired) electrons. The Labute approximate surface area is 235 Å². The highest BCUT2D eigenvalue weighted by Gasteiger charge is 2.47. The molecule has 0 spiro atoms. The number of methoxy groups -OCH3 is 1. The van der Waals surface area contributed by atoms with Crippen LogP contribution in [0.1, 0.15) is 57.4 Å². The number of aliphatic hydroxyl groups is 1. The van der Waals surface area contributed by atoms with Crippen molar-refractivity contribution in [3.05, 3.63) is 94.0 Å². The highest BCUT2D eigenvalue weighted by molar-refractivity contribution is 6.51. The minimum atomic E-state index is -0.839. The van der Waals surface area contributed by atoms with Gasteiger partial charge in [-0.25, -0.2) is 0 Å². The Morgan fingerprint density at radius 1 is 1.00 bits per heavy atom. The lowest BCUT2D eigenvalue weighted by molar-refractivity contribution is -0.132. The SMILES string of the molecule is CCN(CC)c1ccc(C2/C(=C(/O)c3ccc(OC)c(C(C)(C)C)c3)C(=O)C(=O)N2c2cccc(Cl)c2)cc1. The summed E-state index contributed by atoms with van der Waals surface area (Å²) < 4.78 is 5.55. The minimum absolute atomic E-state index is 0.0283. The third kappa shape index (κ3) is 5.39. The predicted octanol–water partition coefficient (Wildman–Crippen LogP) is 7.12. The van der Waals surface area contributed by atoms with Gasteiger partial charge in [-0.15, -0.1) is 0 Å². The number of halogens is 1. The fourth-order valence-electron chi connectivity index (χ4n) is 5.09. The normalized spacial score (nSPS) is 17.0. The summed E-state index contributed by atoms with van der Waals surface area (Å²) in [6, 6.07) is 19.1. The Bertz CT molecular complexity index is 1420. The molecule has 7 heteroatoms. The lowest BCUT2D eigenvalue weighted by atomic mass is 9.84. The van der Waals surface area contributed by atoms with E-state index in [0.717, 1.165) is 24.3 Å². The highest BCUT2D eigenvalue weighted by Crippen LogP contribution is 2.44. The van der Waals surface area contributed by atoms with Crippen LogP contribution in [0.3, 0.4) is 0 Å². The van der Waals surface area contributed by atoms with Crippen molar-refractivity contribution in [2.24, 2.45) is 0 Å². The maximum atomic E-state index is 13.6. The van der Waals surface area contributed by atoms with Crippen LogP contribution in [0, 0.1) is 0 Å². The standard InChI is InChI=1S/C32H35ClN2O4/c1-7-34(8-2)23-15-12-20(13-16-23)28-27(30(37)31(38)35(28)24-11-9-10-22(33)19-24)29(36)21-14-17-26(39-6)25(18-21)32(3,4)5/h9-19,28,36H,7-8H2,1-6H3/b29-27-. The van der Waals surface area contributed by atoms with E-state index in [2.05, 4.69) is 18.7 Å². The zero-order valence-corrected chi connectivity index (χ0v) is 24.0. The molecule has 4 rings (SSSR count). The maximum absolute atomic E-state index is 13.6. The zero-order chi connectivity index (χ0) is 28.5. The van der Waals surface area contributed by atoms with Gasteiger partial charge in [-0.1, -0.05) is 50.6 Å². The van der Waals surface area contributed by atoms with Crippen molar-refractivity contribution in [1.82, 2.24) is 0 Å². The minimum Gasteiger partial charge on any atom is -0.507 e. The van der Waals surface area contributed by atoms with Gasteiger partial charge in [0.15, 0.2) is 0 Å². The molecule has 0 aliphatic carbocycles. The molecule has 1 fully saturated rings. The van der Waals surface area contributed by atoms with Crippen LogP contribution < -0.4 is 14.5 Å². The summed E-state index contributed by atoms with van der Waals surface area (Å²) >= 11 is 6.27. The Morgan fingerprint density at radius 2 is 1.67 bits per heavy atom. The molecule has 0 bridgehead atoms. The van der Waals surface area contributed by atoms with Crippen LogP contribution in [0.15, 0.2) is 72.3 Å². The average Bonchev–Trinajstić information content (AvgIpc) is 3.18. The van der Waals surface area contributed by atoms with Gasteiger partial charge in [0.2, 0.25) is 0 Å². The van der Waals surface area contributed by atoms with Crippen molar-refractivity contribution in [2.45, 2.75) is 46.1 Å². The fraction of sp³-hybridized carbons (Fsp3) is 0.312. The lowest BCUT2D eigenvalue weighted by Gasteiger charge is -2.27. The van der Waals surface area contributed by atoms with Crippen molar-refractivity contribution in [3.8, 4) is 5.75 Å². The first-order valence-corrected chi connectivity index (χ1v) is 13.5. The molecule has 1 atom stereocenters. The van der Waals surface area contributed by atoms with Gasteiger partial charge in [0, 0.05) is 40.6 Å². The van der Waals surface area contributed by atoms with Crippen LogP contribution in [0.5, 0.6) is 5.75 Å². The van der Waals surface area contributed by atoms with Crippen LogP contribution in [0.25, 0.3) is 5.76 Å². The van der Waals surface area contributed by atoms with E-state index in [-0.39, 0.29) is 16.7 Å². The molecule has 0 saturated carbocycles. The number of ether oxygens (including phenoxy) is 1. The van der Waals surface area contributed by atoms with Gasteiger partial charge in [0.05, 0.1) is 18.7 Å². The average molecular weight is 547 g/mol. The predicted molar refractivity (Wildman–Crippen MR) is 158 cm³/mol. The maximum Gasteiger partial charge on any atom is 0.300 e. The molecule has 1 heterocycles. The van der Waals surface area contributed by atoms with Gasteiger partial charge < -0.3 is 14.7 Å². The molecular weight excluding hydrogens is 512 g/mol. The Kier molecular flexibility index (Phi) is 8.07. The van der Waals surface area contributed by atoms with E-state index in [1.54, 1.807) is 43.5 Å². The van der Waals surface area contributed by atoms with E-state index in [1.807, 2.05) is 51.1 Å². The largest absolute Gasteiger partial charge is 0.507 e. The summed E-state index contributed by atoms with van der Waals surface area (Å²) in [4.78, 5) is 30.7. The van der Waals surface area contributed by atoms with Gasteiger partial charge in [-0.3, -0.25) is 14.5 Å². The number of Topliss-reactive ketones (excluding diaryl/α,β-unsaturated/α-hetero) is 1. The van der Waals surface area contributed by atoms with E-state index >= 15 is 0 Å². The van der Waals surface area contributed by atoms with E-state index in [1.165, 1.54) is 4.90 Å². The Morgan fingerprint density at radius 3 is 2.23 bits per heavy atom. The van der Waals surface area contributed by atoms with Gasteiger partial charge in [0.25, 0.3) is 11.7 Å². The molecule has 3 aromatic carbocycles. The molecule has 204 valence electrons.